The zero-order valence-electron chi connectivity index (χ0n) is 4.98. The Morgan fingerprint density at radius 1 is 1.43 bits per heavy atom. The van der Waals surface area contributed by atoms with Gasteiger partial charge in [-0.05, 0) is 12.2 Å². The number of hydrogen-bond donors (Lipinski definition) is 1. The molecule has 3 heteroatoms. The molecule has 0 amide bonds. The van der Waals surface area contributed by atoms with Gasteiger partial charge in [-0.3, -0.25) is 0 Å². The fourth-order valence-electron chi connectivity index (χ4n) is 0.158. The standard InChI is InChI=1S/C4H10S.ClH.Na/c1-2-3-4-5;;/h5H,2-4H2,1H3;1H;. The van der Waals surface area contributed by atoms with Crippen molar-refractivity contribution in [3.63, 3.8) is 0 Å². The molecule has 0 N–H and O–H groups in total. The molecule has 0 spiro atoms. The van der Waals surface area contributed by atoms with Crippen molar-refractivity contribution < 1.29 is 0 Å². The summed E-state index contributed by atoms with van der Waals surface area (Å²) in [7, 11) is 0. The van der Waals surface area contributed by atoms with Gasteiger partial charge in [0.15, 0.2) is 0 Å². The molecule has 1 radical (unpaired) electrons. The minimum Gasteiger partial charge on any atom is -0.179 e. The van der Waals surface area contributed by atoms with Crippen LogP contribution in [-0.2, 0) is 0 Å². The molecule has 0 aliphatic heterocycles. The van der Waals surface area contributed by atoms with Gasteiger partial charge in [0, 0.05) is 29.6 Å². The molecule has 0 fully saturated rings. The summed E-state index contributed by atoms with van der Waals surface area (Å²) in [5.41, 5.74) is 0. The Morgan fingerprint density at radius 2 is 1.86 bits per heavy atom. The molecule has 0 heterocycles. The van der Waals surface area contributed by atoms with Crippen LogP contribution in [0.4, 0.5) is 0 Å². The third kappa shape index (κ3) is 18.3. The van der Waals surface area contributed by atoms with Crippen LogP contribution in [0.1, 0.15) is 19.8 Å². The van der Waals surface area contributed by atoms with Crippen LogP contribution >= 0.6 is 25.0 Å². The van der Waals surface area contributed by atoms with E-state index in [-0.39, 0.29) is 42.0 Å². The van der Waals surface area contributed by atoms with Gasteiger partial charge in [-0.15, -0.1) is 12.4 Å². The normalized spacial score (nSPS) is 6.00. The minimum atomic E-state index is 0. The van der Waals surface area contributed by atoms with Crippen molar-refractivity contribution in [1.29, 1.82) is 0 Å². The average molecular weight is 150 g/mol. The van der Waals surface area contributed by atoms with E-state index in [1.54, 1.807) is 0 Å². The second kappa shape index (κ2) is 15.6. The van der Waals surface area contributed by atoms with E-state index in [1.165, 1.54) is 12.8 Å². The summed E-state index contributed by atoms with van der Waals surface area (Å²) in [5, 5.41) is 0. The van der Waals surface area contributed by atoms with Crippen molar-refractivity contribution >= 4 is 54.6 Å². The maximum atomic E-state index is 4.00. The molecule has 0 rings (SSSR count). The van der Waals surface area contributed by atoms with Crippen LogP contribution in [0, 0.1) is 0 Å². The van der Waals surface area contributed by atoms with Gasteiger partial charge in [-0.25, -0.2) is 0 Å². The number of rotatable bonds is 2. The van der Waals surface area contributed by atoms with E-state index < -0.39 is 0 Å². The topological polar surface area (TPSA) is 0 Å². The first kappa shape index (κ1) is 15.9. The predicted molar refractivity (Wildman–Crippen MR) is 41.8 cm³/mol. The quantitative estimate of drug-likeness (QED) is 0.449. The van der Waals surface area contributed by atoms with Crippen molar-refractivity contribution in [2.24, 2.45) is 0 Å². The van der Waals surface area contributed by atoms with Gasteiger partial charge in [-0.1, -0.05) is 13.3 Å². The largest absolute Gasteiger partial charge is 0.179 e. The molecule has 0 unspecified atom stereocenters. The zero-order valence-corrected chi connectivity index (χ0v) is 8.69. The Labute approximate surface area is 79.6 Å². The van der Waals surface area contributed by atoms with Crippen LogP contribution in [0.15, 0.2) is 0 Å². The minimum absolute atomic E-state index is 0. The molecule has 0 aromatic carbocycles. The van der Waals surface area contributed by atoms with E-state index in [2.05, 4.69) is 19.6 Å². The Balaban J connectivity index is -0.0000000800. The average Bonchev–Trinajstić information content (AvgIpc) is 1.41. The fourth-order valence-corrected chi connectivity index (χ4v) is 0.474. The van der Waals surface area contributed by atoms with Gasteiger partial charge in [0.05, 0.1) is 0 Å². The van der Waals surface area contributed by atoms with Crippen molar-refractivity contribution in [3.8, 4) is 0 Å². The second-order valence-corrected chi connectivity index (χ2v) is 1.52. The number of unbranched alkanes of at least 4 members (excludes halogenated alkanes) is 1. The summed E-state index contributed by atoms with van der Waals surface area (Å²) in [5.74, 6) is 1.04. The summed E-state index contributed by atoms with van der Waals surface area (Å²) in [6.07, 6.45) is 2.52. The predicted octanol–water partition coefficient (Wildman–Crippen LogP) is 1.76. The molecule has 0 saturated heterocycles. The van der Waals surface area contributed by atoms with Crippen LogP contribution in [-0.4, -0.2) is 35.3 Å². The molecule has 0 aliphatic rings. The Kier molecular flexibility index (Phi) is 35.4. The molecule has 0 bridgehead atoms. The molecule has 0 saturated carbocycles. The zero-order chi connectivity index (χ0) is 4.12. The number of thiol groups is 1. The molecule has 0 atom stereocenters. The van der Waals surface area contributed by atoms with Crippen LogP contribution in [0.25, 0.3) is 0 Å². The second-order valence-electron chi connectivity index (χ2n) is 1.08. The van der Waals surface area contributed by atoms with Gasteiger partial charge >= 0.3 is 0 Å². The van der Waals surface area contributed by atoms with Crippen LogP contribution in [0.2, 0.25) is 0 Å². The molecular formula is C4H11ClNaS. The molecule has 7 heavy (non-hydrogen) atoms. The van der Waals surface area contributed by atoms with Crippen molar-refractivity contribution in [3.05, 3.63) is 0 Å². The van der Waals surface area contributed by atoms with Crippen LogP contribution in [0.3, 0.4) is 0 Å². The maximum absolute atomic E-state index is 4.00. The Hall–Kier alpha value is 1.64. The fraction of sp³-hybridized carbons (Fsp3) is 1.00. The van der Waals surface area contributed by atoms with Crippen LogP contribution < -0.4 is 0 Å². The first-order chi connectivity index (χ1) is 2.41. The first-order valence-electron chi connectivity index (χ1n) is 2.02. The smallest absolute Gasteiger partial charge is 0 e. The molecule has 0 nitrogen and oxygen atoms in total. The van der Waals surface area contributed by atoms with E-state index in [0.717, 1.165) is 5.75 Å². The van der Waals surface area contributed by atoms with E-state index in [0.29, 0.717) is 0 Å². The van der Waals surface area contributed by atoms with E-state index >= 15 is 0 Å². The summed E-state index contributed by atoms with van der Waals surface area (Å²) in [6, 6.07) is 0. The first-order valence-corrected chi connectivity index (χ1v) is 2.66. The Morgan fingerprint density at radius 3 is 1.86 bits per heavy atom. The maximum Gasteiger partial charge on any atom is 0 e. The Bertz CT molecular complexity index is 19.2. The number of hydrogen-bond acceptors (Lipinski definition) is 1. The van der Waals surface area contributed by atoms with Gasteiger partial charge in [0.25, 0.3) is 0 Å². The molecular weight excluding hydrogens is 139 g/mol. The SMILES string of the molecule is CCCCS.Cl.[Na]. The van der Waals surface area contributed by atoms with E-state index in [4.69, 9.17) is 0 Å². The summed E-state index contributed by atoms with van der Waals surface area (Å²) >= 11 is 4.00. The molecule has 0 aliphatic carbocycles. The van der Waals surface area contributed by atoms with Crippen LogP contribution in [0.5, 0.6) is 0 Å². The van der Waals surface area contributed by atoms with Gasteiger partial charge in [-0.2, -0.15) is 12.6 Å². The molecule has 0 aromatic heterocycles. The molecule has 0 aromatic rings. The monoisotopic (exact) mass is 149 g/mol. The summed E-state index contributed by atoms with van der Waals surface area (Å²) in [6.45, 7) is 2.16. The van der Waals surface area contributed by atoms with Crippen molar-refractivity contribution in [2.45, 2.75) is 19.8 Å². The van der Waals surface area contributed by atoms with Crippen molar-refractivity contribution in [2.75, 3.05) is 5.75 Å². The number of halogens is 1. The summed E-state index contributed by atoms with van der Waals surface area (Å²) < 4.78 is 0. The van der Waals surface area contributed by atoms with Gasteiger partial charge in [0.1, 0.15) is 0 Å². The van der Waals surface area contributed by atoms with Crippen molar-refractivity contribution in [1.82, 2.24) is 0 Å². The third-order valence-corrected chi connectivity index (χ3v) is 0.828. The van der Waals surface area contributed by atoms with E-state index in [1.807, 2.05) is 0 Å². The van der Waals surface area contributed by atoms with Gasteiger partial charge < -0.3 is 0 Å². The third-order valence-electron chi connectivity index (χ3n) is 0.512. The summed E-state index contributed by atoms with van der Waals surface area (Å²) in [4.78, 5) is 0. The van der Waals surface area contributed by atoms with E-state index in [9.17, 15) is 0 Å². The van der Waals surface area contributed by atoms with Gasteiger partial charge in [0.2, 0.25) is 0 Å². The molecule has 41 valence electrons.